The maximum atomic E-state index is 10.3. The third-order valence-electron chi connectivity index (χ3n) is 3.43. The zero-order valence-corrected chi connectivity index (χ0v) is 10.4. The number of rotatable bonds is 3. The van der Waals surface area contributed by atoms with Crippen molar-refractivity contribution in [2.45, 2.75) is 25.4 Å². The normalized spacial score (nSPS) is 24.6. The zero-order valence-electron chi connectivity index (χ0n) is 9.58. The molecule has 4 heteroatoms. The highest BCUT2D eigenvalue weighted by Gasteiger charge is 2.44. The molecular weight excluding hydrogens is 232 g/mol. The van der Waals surface area contributed by atoms with Gasteiger partial charge < -0.3 is 5.11 Å². The first-order valence-electron chi connectivity index (χ1n) is 5.79. The van der Waals surface area contributed by atoms with Crippen LogP contribution in [0.25, 0.3) is 0 Å². The van der Waals surface area contributed by atoms with Crippen molar-refractivity contribution in [3.63, 3.8) is 0 Å². The molecule has 0 saturated heterocycles. The lowest BCUT2D eigenvalue weighted by molar-refractivity contribution is 0.154. The van der Waals surface area contributed by atoms with Crippen molar-refractivity contribution in [2.75, 3.05) is 0 Å². The van der Waals surface area contributed by atoms with Crippen LogP contribution >= 0.6 is 11.5 Å². The molecule has 17 heavy (non-hydrogen) atoms. The highest BCUT2D eigenvalue weighted by Crippen LogP contribution is 2.54. The number of hydrogen-bond donors (Lipinski definition) is 1. The monoisotopic (exact) mass is 246 g/mol. The van der Waals surface area contributed by atoms with Crippen molar-refractivity contribution in [1.82, 2.24) is 9.59 Å². The Labute approximate surface area is 104 Å². The minimum absolute atomic E-state index is 0.332. The average molecular weight is 246 g/mol. The van der Waals surface area contributed by atoms with Gasteiger partial charge in [-0.1, -0.05) is 34.8 Å². The number of aliphatic hydroxyl groups is 1. The Morgan fingerprint density at radius 2 is 2.12 bits per heavy atom. The summed E-state index contributed by atoms with van der Waals surface area (Å²) in [6.07, 6.45) is 0.655. The largest absolute Gasteiger partial charge is 0.387 e. The molecule has 3 unspecified atom stereocenters. The van der Waals surface area contributed by atoms with Crippen LogP contribution in [0.2, 0.25) is 0 Å². The van der Waals surface area contributed by atoms with Gasteiger partial charge in [0, 0.05) is 0 Å². The summed E-state index contributed by atoms with van der Waals surface area (Å²) in [7, 11) is 0. The van der Waals surface area contributed by atoms with Gasteiger partial charge in [0.1, 0.15) is 0 Å². The fourth-order valence-electron chi connectivity index (χ4n) is 2.35. The lowest BCUT2D eigenvalue weighted by atomic mass is 10.1. The van der Waals surface area contributed by atoms with E-state index in [2.05, 4.69) is 33.9 Å². The summed E-state index contributed by atoms with van der Waals surface area (Å²) < 4.78 is 3.88. The van der Waals surface area contributed by atoms with Gasteiger partial charge in [-0.2, -0.15) is 0 Å². The quantitative estimate of drug-likeness (QED) is 0.905. The maximum absolute atomic E-state index is 10.3. The van der Waals surface area contributed by atoms with E-state index < -0.39 is 6.10 Å². The van der Waals surface area contributed by atoms with E-state index in [1.54, 1.807) is 0 Å². The summed E-state index contributed by atoms with van der Waals surface area (Å²) in [5.74, 6) is 0.825. The molecule has 2 aromatic rings. The molecule has 3 nitrogen and oxygen atoms in total. The number of aliphatic hydroxyl groups excluding tert-OH is 1. The van der Waals surface area contributed by atoms with Gasteiger partial charge in [-0.05, 0) is 42.3 Å². The number of aryl methyl sites for hydroxylation is 1. The van der Waals surface area contributed by atoms with Crippen LogP contribution in [0.15, 0.2) is 30.3 Å². The zero-order chi connectivity index (χ0) is 11.8. The van der Waals surface area contributed by atoms with Gasteiger partial charge in [-0.25, -0.2) is 0 Å². The van der Waals surface area contributed by atoms with Crippen molar-refractivity contribution in [1.29, 1.82) is 0 Å². The van der Waals surface area contributed by atoms with E-state index in [1.807, 2.05) is 13.0 Å². The van der Waals surface area contributed by atoms with Gasteiger partial charge >= 0.3 is 0 Å². The molecule has 1 aliphatic carbocycles. The van der Waals surface area contributed by atoms with Crippen LogP contribution in [0.5, 0.6) is 0 Å². The number of nitrogens with zero attached hydrogens (tertiary/aromatic N) is 2. The Morgan fingerprint density at radius 1 is 1.35 bits per heavy atom. The lowest BCUT2D eigenvalue weighted by Gasteiger charge is -2.08. The predicted octanol–water partition coefficient (Wildman–Crippen LogP) is 2.68. The molecule has 1 N–H and O–H groups in total. The minimum Gasteiger partial charge on any atom is -0.387 e. The molecule has 88 valence electrons. The van der Waals surface area contributed by atoms with E-state index in [-0.39, 0.29) is 0 Å². The highest BCUT2D eigenvalue weighted by atomic mass is 32.1. The first-order valence-corrected chi connectivity index (χ1v) is 6.56. The molecule has 1 saturated carbocycles. The maximum Gasteiger partial charge on any atom is 0.0951 e. The average Bonchev–Trinajstić information content (AvgIpc) is 3.05. The van der Waals surface area contributed by atoms with E-state index in [9.17, 15) is 5.11 Å². The topological polar surface area (TPSA) is 46.0 Å². The molecule has 3 rings (SSSR count). The Kier molecular flexibility index (Phi) is 2.68. The van der Waals surface area contributed by atoms with Gasteiger partial charge in [-0.15, -0.1) is 5.10 Å². The fraction of sp³-hybridized carbons (Fsp3) is 0.385. The van der Waals surface area contributed by atoms with Crippen molar-refractivity contribution in [3.05, 3.63) is 46.5 Å². The third-order valence-corrected chi connectivity index (χ3v) is 4.33. The second-order valence-corrected chi connectivity index (χ2v) is 5.37. The Morgan fingerprint density at radius 3 is 2.76 bits per heavy atom. The number of hydrogen-bond acceptors (Lipinski definition) is 4. The van der Waals surface area contributed by atoms with Crippen LogP contribution in [0, 0.1) is 12.8 Å². The fourth-order valence-corrected chi connectivity index (χ4v) is 3.06. The summed E-state index contributed by atoms with van der Waals surface area (Å²) in [6, 6.07) is 10.4. The Hall–Kier alpha value is -1.26. The van der Waals surface area contributed by atoms with Gasteiger partial charge in [0.05, 0.1) is 16.7 Å². The van der Waals surface area contributed by atoms with Gasteiger partial charge in [0.2, 0.25) is 0 Å². The highest BCUT2D eigenvalue weighted by molar-refractivity contribution is 7.05. The van der Waals surface area contributed by atoms with E-state index >= 15 is 0 Å². The molecule has 1 aromatic carbocycles. The molecule has 0 spiro atoms. The minimum atomic E-state index is -0.403. The second-order valence-electron chi connectivity index (χ2n) is 4.58. The summed E-state index contributed by atoms with van der Waals surface area (Å²) in [5.41, 5.74) is 2.19. The van der Waals surface area contributed by atoms with E-state index in [0.717, 1.165) is 17.0 Å². The number of benzene rings is 1. The Balaban J connectivity index is 1.75. The van der Waals surface area contributed by atoms with Crippen LogP contribution in [0.1, 0.15) is 34.6 Å². The molecule has 1 fully saturated rings. The van der Waals surface area contributed by atoms with Crippen LogP contribution in [0.4, 0.5) is 0 Å². The van der Waals surface area contributed by atoms with Crippen LogP contribution in [-0.2, 0) is 0 Å². The van der Waals surface area contributed by atoms with Crippen molar-refractivity contribution < 1.29 is 5.11 Å². The predicted molar refractivity (Wildman–Crippen MR) is 66.9 cm³/mol. The van der Waals surface area contributed by atoms with E-state index in [0.29, 0.717) is 11.8 Å². The molecule has 0 amide bonds. The summed E-state index contributed by atoms with van der Waals surface area (Å²) in [6.45, 7) is 1.90. The van der Waals surface area contributed by atoms with Crippen LogP contribution < -0.4 is 0 Å². The molecular formula is C13H14N2OS. The van der Waals surface area contributed by atoms with E-state index in [4.69, 9.17) is 0 Å². The standard InChI is InChI=1S/C13H14N2OS/c1-8-13(17-15-14-8)12(16)11-7-10(11)9-5-3-2-4-6-9/h2-6,10-12,16H,7H2,1H3. The summed E-state index contributed by atoms with van der Waals surface area (Å²) in [5, 5.41) is 14.2. The summed E-state index contributed by atoms with van der Waals surface area (Å²) in [4.78, 5) is 0.924. The van der Waals surface area contributed by atoms with Gasteiger partial charge in [-0.3, -0.25) is 0 Å². The first-order chi connectivity index (χ1) is 8.27. The summed E-state index contributed by atoms with van der Waals surface area (Å²) >= 11 is 1.31. The second kappa shape index (κ2) is 4.20. The van der Waals surface area contributed by atoms with E-state index in [1.165, 1.54) is 17.1 Å². The van der Waals surface area contributed by atoms with Crippen molar-refractivity contribution in [3.8, 4) is 0 Å². The van der Waals surface area contributed by atoms with Gasteiger partial charge in [0.15, 0.2) is 0 Å². The molecule has 0 bridgehead atoms. The smallest absolute Gasteiger partial charge is 0.0951 e. The number of aromatic nitrogens is 2. The lowest BCUT2D eigenvalue weighted by Crippen LogP contribution is -2.01. The van der Waals surface area contributed by atoms with Crippen LogP contribution in [-0.4, -0.2) is 14.7 Å². The molecule has 3 atom stereocenters. The third kappa shape index (κ3) is 1.98. The van der Waals surface area contributed by atoms with Gasteiger partial charge in [0.25, 0.3) is 0 Å². The van der Waals surface area contributed by atoms with Crippen molar-refractivity contribution >= 4 is 11.5 Å². The molecule has 1 heterocycles. The molecule has 0 radical (unpaired) electrons. The molecule has 1 aromatic heterocycles. The molecule has 0 aliphatic heterocycles. The Bertz CT molecular complexity index is 511. The van der Waals surface area contributed by atoms with Crippen LogP contribution in [0.3, 0.4) is 0 Å². The molecule has 1 aliphatic rings. The van der Waals surface area contributed by atoms with Crippen molar-refractivity contribution in [2.24, 2.45) is 5.92 Å². The SMILES string of the molecule is Cc1nnsc1C(O)C1CC1c1ccccc1. The first kappa shape index (κ1) is 10.9.